The van der Waals surface area contributed by atoms with Gasteiger partial charge in [-0.1, -0.05) is 51.8 Å². The summed E-state index contributed by atoms with van der Waals surface area (Å²) in [6, 6.07) is 0. The molecule has 1 heterocycles. The number of amidine groups is 1. The normalized spacial score (nSPS) is 25.3. The molecule has 7 nitrogen and oxygen atoms in total. The molecule has 0 amide bonds. The summed E-state index contributed by atoms with van der Waals surface area (Å²) in [6.07, 6.45) is 5.33. The van der Waals surface area contributed by atoms with Crippen LogP contribution in [0.15, 0.2) is 0 Å². The number of aliphatic hydroxyl groups is 1. The van der Waals surface area contributed by atoms with Crippen molar-refractivity contribution < 1.29 is 24.1 Å². The van der Waals surface area contributed by atoms with E-state index in [4.69, 9.17) is 24.4 Å². The van der Waals surface area contributed by atoms with Crippen molar-refractivity contribution in [3.63, 3.8) is 0 Å². The van der Waals surface area contributed by atoms with Crippen molar-refractivity contribution in [3.8, 4) is 0 Å². The number of ether oxygens (including phenoxy) is 4. The van der Waals surface area contributed by atoms with E-state index in [1.54, 1.807) is 4.90 Å². The lowest BCUT2D eigenvalue weighted by molar-refractivity contribution is -0.221. The van der Waals surface area contributed by atoms with E-state index in [0.29, 0.717) is 31.4 Å². The highest BCUT2D eigenvalue weighted by Crippen LogP contribution is 2.34. The molecule has 1 fully saturated rings. The molecule has 1 rings (SSSR count). The van der Waals surface area contributed by atoms with Gasteiger partial charge in [-0.15, -0.1) is 0 Å². The van der Waals surface area contributed by atoms with Crippen molar-refractivity contribution in [2.75, 3.05) is 40.5 Å². The zero-order valence-corrected chi connectivity index (χ0v) is 20.4. The van der Waals surface area contributed by atoms with Crippen LogP contribution in [-0.4, -0.2) is 85.5 Å². The SMILES string of the molecule is CCCCOC(CO)[C@H]1O[C@H](SC(=N)N(C)C)C[C@@H](OCCCC)[C@@H]1OCCCC. The summed E-state index contributed by atoms with van der Waals surface area (Å²) in [7, 11) is 3.71. The fourth-order valence-corrected chi connectivity index (χ4v) is 4.12. The third-order valence-electron chi connectivity index (χ3n) is 5.09. The molecule has 1 aliphatic heterocycles. The minimum absolute atomic E-state index is 0.133. The monoisotopic (exact) mass is 448 g/mol. The molecule has 2 N–H and O–H groups in total. The van der Waals surface area contributed by atoms with Crippen LogP contribution in [0.4, 0.5) is 0 Å². The fraction of sp³-hybridized carbons (Fsp3) is 0.955. The number of thioether (sulfide) groups is 1. The van der Waals surface area contributed by atoms with Crippen LogP contribution < -0.4 is 0 Å². The Morgan fingerprint density at radius 2 is 1.67 bits per heavy atom. The number of nitrogens with zero attached hydrogens (tertiary/aromatic N) is 1. The number of hydrogen-bond donors (Lipinski definition) is 2. The number of aliphatic hydroxyl groups excluding tert-OH is 1. The second-order valence-corrected chi connectivity index (χ2v) is 9.13. The summed E-state index contributed by atoms with van der Waals surface area (Å²) in [5.41, 5.74) is -0.244. The van der Waals surface area contributed by atoms with Gasteiger partial charge in [-0.2, -0.15) is 0 Å². The molecule has 1 saturated heterocycles. The maximum atomic E-state index is 10.1. The van der Waals surface area contributed by atoms with E-state index in [0.717, 1.165) is 38.5 Å². The predicted molar refractivity (Wildman–Crippen MR) is 123 cm³/mol. The Labute approximate surface area is 187 Å². The number of nitrogens with one attached hydrogen (secondary N) is 1. The lowest BCUT2D eigenvalue weighted by Gasteiger charge is -2.44. The van der Waals surface area contributed by atoms with Crippen LogP contribution in [-0.2, 0) is 18.9 Å². The third-order valence-corrected chi connectivity index (χ3v) is 6.24. The lowest BCUT2D eigenvalue weighted by Crippen LogP contribution is -2.56. The van der Waals surface area contributed by atoms with Crippen molar-refractivity contribution in [2.24, 2.45) is 0 Å². The second kappa shape index (κ2) is 16.3. The maximum Gasteiger partial charge on any atom is 0.158 e. The van der Waals surface area contributed by atoms with Crippen LogP contribution in [0.25, 0.3) is 0 Å². The number of unbranched alkanes of at least 4 members (excludes halogenated alkanes) is 3. The fourth-order valence-electron chi connectivity index (χ4n) is 3.19. The van der Waals surface area contributed by atoms with E-state index in [9.17, 15) is 5.11 Å². The maximum absolute atomic E-state index is 10.1. The summed E-state index contributed by atoms with van der Waals surface area (Å²) in [6.45, 7) is 8.14. The van der Waals surface area contributed by atoms with Crippen LogP contribution in [0.5, 0.6) is 0 Å². The highest BCUT2D eigenvalue weighted by atomic mass is 32.2. The number of hydrogen-bond acceptors (Lipinski definition) is 7. The molecule has 5 atom stereocenters. The van der Waals surface area contributed by atoms with Gasteiger partial charge in [-0.3, -0.25) is 5.41 Å². The molecular weight excluding hydrogens is 404 g/mol. The average Bonchev–Trinajstić information content (AvgIpc) is 2.72. The van der Waals surface area contributed by atoms with Gasteiger partial charge in [0.15, 0.2) is 5.17 Å². The van der Waals surface area contributed by atoms with Gasteiger partial charge in [0.05, 0.1) is 12.7 Å². The first-order valence-corrected chi connectivity index (χ1v) is 12.4. The van der Waals surface area contributed by atoms with Gasteiger partial charge in [0.2, 0.25) is 0 Å². The summed E-state index contributed by atoms with van der Waals surface area (Å²) < 4.78 is 24.9. The molecule has 0 saturated carbocycles. The summed E-state index contributed by atoms with van der Waals surface area (Å²) in [4.78, 5) is 1.76. The van der Waals surface area contributed by atoms with Gasteiger partial charge in [0.25, 0.3) is 0 Å². The van der Waals surface area contributed by atoms with Crippen LogP contribution >= 0.6 is 11.8 Å². The van der Waals surface area contributed by atoms with Gasteiger partial charge in [-0.05, 0) is 19.3 Å². The molecule has 1 unspecified atom stereocenters. The lowest BCUT2D eigenvalue weighted by atomic mass is 9.97. The van der Waals surface area contributed by atoms with Gasteiger partial charge in [0.1, 0.15) is 23.7 Å². The van der Waals surface area contributed by atoms with E-state index in [-0.39, 0.29) is 24.3 Å². The molecule has 0 bridgehead atoms. The van der Waals surface area contributed by atoms with Crippen molar-refractivity contribution >= 4 is 16.9 Å². The Balaban J connectivity index is 3.01. The van der Waals surface area contributed by atoms with Gasteiger partial charge < -0.3 is 29.0 Å². The Hall–Kier alpha value is -0.380. The minimum Gasteiger partial charge on any atom is -0.394 e. The van der Waals surface area contributed by atoms with Crippen molar-refractivity contribution in [1.82, 2.24) is 4.90 Å². The van der Waals surface area contributed by atoms with Crippen molar-refractivity contribution in [2.45, 2.75) is 95.6 Å². The van der Waals surface area contributed by atoms with E-state index < -0.39 is 12.2 Å². The first-order valence-electron chi connectivity index (χ1n) is 11.5. The van der Waals surface area contributed by atoms with Gasteiger partial charge >= 0.3 is 0 Å². The number of rotatable bonds is 15. The molecule has 0 aliphatic carbocycles. The molecule has 0 radical (unpaired) electrons. The molecule has 0 aromatic heterocycles. The molecule has 0 aromatic carbocycles. The second-order valence-electron chi connectivity index (χ2n) is 7.98. The molecule has 178 valence electrons. The zero-order valence-electron chi connectivity index (χ0n) is 19.6. The Morgan fingerprint density at radius 3 is 2.23 bits per heavy atom. The Bertz CT molecular complexity index is 455. The molecular formula is C22H44N2O5S. The summed E-state index contributed by atoms with van der Waals surface area (Å²) in [5.74, 6) is 0. The predicted octanol–water partition coefficient (Wildman–Crippen LogP) is 3.88. The zero-order chi connectivity index (χ0) is 22.4. The molecule has 0 spiro atoms. The van der Waals surface area contributed by atoms with Crippen molar-refractivity contribution in [3.05, 3.63) is 0 Å². The summed E-state index contributed by atoms with van der Waals surface area (Å²) >= 11 is 1.38. The third kappa shape index (κ3) is 9.83. The van der Waals surface area contributed by atoms with Crippen LogP contribution in [0.1, 0.15) is 65.7 Å². The van der Waals surface area contributed by atoms with Crippen LogP contribution in [0, 0.1) is 5.41 Å². The first-order chi connectivity index (χ1) is 14.5. The largest absolute Gasteiger partial charge is 0.394 e. The average molecular weight is 449 g/mol. The Morgan fingerprint density at radius 1 is 1.07 bits per heavy atom. The van der Waals surface area contributed by atoms with E-state index >= 15 is 0 Å². The quantitative estimate of drug-likeness (QED) is 0.223. The highest BCUT2D eigenvalue weighted by molar-refractivity contribution is 8.14. The van der Waals surface area contributed by atoms with Gasteiger partial charge in [0, 0.05) is 40.3 Å². The van der Waals surface area contributed by atoms with E-state index in [2.05, 4.69) is 20.8 Å². The topological polar surface area (TPSA) is 84.2 Å². The van der Waals surface area contributed by atoms with Crippen molar-refractivity contribution in [1.29, 1.82) is 5.41 Å². The molecule has 0 aromatic rings. The van der Waals surface area contributed by atoms with E-state index in [1.165, 1.54) is 11.8 Å². The van der Waals surface area contributed by atoms with Gasteiger partial charge in [-0.25, -0.2) is 0 Å². The molecule has 30 heavy (non-hydrogen) atoms. The van der Waals surface area contributed by atoms with Crippen LogP contribution in [0.3, 0.4) is 0 Å². The standard InChI is InChI=1S/C22H44N2O5S/c1-6-9-12-26-17-15-19(30-22(23)24(4)5)29-21(20(17)28-14-11-8-3)18(16-25)27-13-10-7-2/h17-21,23,25H,6-16H2,1-5H3/t17-,18?,19-,20+,21-/m1/s1. The first kappa shape index (κ1) is 27.7. The van der Waals surface area contributed by atoms with Crippen LogP contribution in [0.2, 0.25) is 0 Å². The molecule has 1 aliphatic rings. The Kier molecular flexibility index (Phi) is 15.0. The molecule has 8 heteroatoms. The smallest absolute Gasteiger partial charge is 0.158 e. The highest BCUT2D eigenvalue weighted by Gasteiger charge is 2.45. The summed E-state index contributed by atoms with van der Waals surface area (Å²) in [5, 5.41) is 18.7. The van der Waals surface area contributed by atoms with E-state index in [1.807, 2.05) is 14.1 Å². The minimum atomic E-state index is -0.475.